The molecule has 31 heavy (non-hydrogen) atoms. The summed E-state index contributed by atoms with van der Waals surface area (Å²) < 4.78 is 16.4. The van der Waals surface area contributed by atoms with Crippen LogP contribution in [-0.4, -0.2) is 36.0 Å². The lowest BCUT2D eigenvalue weighted by Crippen LogP contribution is -2.27. The number of ether oxygens (including phenoxy) is 3. The van der Waals surface area contributed by atoms with Crippen LogP contribution in [0.2, 0.25) is 0 Å². The largest absolute Gasteiger partial charge is 0.493 e. The molecule has 8 heteroatoms. The van der Waals surface area contributed by atoms with Crippen molar-refractivity contribution >= 4 is 51.9 Å². The summed E-state index contributed by atoms with van der Waals surface area (Å²) in [4.78, 5) is 26.7. The van der Waals surface area contributed by atoms with Gasteiger partial charge in [-0.25, -0.2) is 4.79 Å². The summed E-state index contributed by atoms with van der Waals surface area (Å²) in [6.07, 6.45) is 1.55. The number of thioether (sulfide) groups is 1. The third kappa shape index (κ3) is 5.65. The fraction of sp³-hybridized carbons (Fsp3) is 0.261. The molecule has 0 N–H and O–H groups in total. The van der Waals surface area contributed by atoms with Crippen molar-refractivity contribution in [2.24, 2.45) is 0 Å². The van der Waals surface area contributed by atoms with Crippen molar-refractivity contribution in [2.45, 2.75) is 26.9 Å². The van der Waals surface area contributed by atoms with Gasteiger partial charge >= 0.3 is 5.97 Å². The zero-order valence-corrected chi connectivity index (χ0v) is 19.3. The maximum Gasteiger partial charge on any atom is 0.344 e. The second-order valence-corrected chi connectivity index (χ2v) is 8.77. The smallest absolute Gasteiger partial charge is 0.344 e. The number of carbonyl (C=O) groups is 2. The fourth-order valence-electron chi connectivity index (χ4n) is 2.86. The first-order valence-electron chi connectivity index (χ1n) is 9.63. The van der Waals surface area contributed by atoms with E-state index in [0.29, 0.717) is 20.7 Å². The summed E-state index contributed by atoms with van der Waals surface area (Å²) in [5.41, 5.74) is 2.60. The van der Waals surface area contributed by atoms with E-state index in [2.05, 4.69) is 0 Å². The van der Waals surface area contributed by atoms with E-state index in [1.54, 1.807) is 38.1 Å². The molecule has 0 saturated carbocycles. The average Bonchev–Trinajstić information content (AvgIpc) is 3.00. The first-order chi connectivity index (χ1) is 14.8. The maximum absolute atomic E-state index is 12.9. The molecule has 0 unspecified atom stereocenters. The fourth-order valence-corrected chi connectivity index (χ4v) is 4.16. The Morgan fingerprint density at radius 2 is 1.87 bits per heavy atom. The number of amides is 1. The molecule has 162 valence electrons. The lowest BCUT2D eigenvalue weighted by molar-refractivity contribution is -0.149. The average molecular weight is 458 g/mol. The summed E-state index contributed by atoms with van der Waals surface area (Å²) in [6.45, 7) is 5.31. The summed E-state index contributed by atoms with van der Waals surface area (Å²) in [5.74, 6) is 0.225. The topological polar surface area (TPSA) is 65.1 Å². The van der Waals surface area contributed by atoms with E-state index in [9.17, 15) is 9.59 Å². The van der Waals surface area contributed by atoms with Gasteiger partial charge in [0.25, 0.3) is 5.91 Å². The van der Waals surface area contributed by atoms with Gasteiger partial charge in [-0.05, 0) is 56.7 Å². The van der Waals surface area contributed by atoms with Gasteiger partial charge in [-0.3, -0.25) is 9.69 Å². The molecule has 2 aromatic carbocycles. The number of anilines is 1. The minimum absolute atomic E-state index is 0.172. The molecule has 0 spiro atoms. The van der Waals surface area contributed by atoms with E-state index in [1.807, 2.05) is 31.2 Å². The summed E-state index contributed by atoms with van der Waals surface area (Å²) in [7, 11) is 1.51. The molecule has 1 aliphatic heterocycles. The number of hydrogen-bond acceptors (Lipinski definition) is 7. The van der Waals surface area contributed by atoms with Crippen LogP contribution in [0.4, 0.5) is 5.69 Å². The van der Waals surface area contributed by atoms with Crippen LogP contribution >= 0.6 is 24.0 Å². The molecule has 0 bridgehead atoms. The zero-order valence-electron chi connectivity index (χ0n) is 17.7. The van der Waals surface area contributed by atoms with Crippen molar-refractivity contribution in [2.75, 3.05) is 18.6 Å². The molecule has 0 atom stereocenters. The first-order valence-corrected chi connectivity index (χ1v) is 10.9. The van der Waals surface area contributed by atoms with Gasteiger partial charge in [0, 0.05) is 0 Å². The Labute approximate surface area is 191 Å². The van der Waals surface area contributed by atoms with E-state index in [0.717, 1.165) is 16.8 Å². The molecule has 6 nitrogen and oxygen atoms in total. The summed E-state index contributed by atoms with van der Waals surface area (Å²) in [6, 6.07) is 12.8. The van der Waals surface area contributed by atoms with Crippen LogP contribution in [0.15, 0.2) is 47.4 Å². The summed E-state index contributed by atoms with van der Waals surface area (Å²) >= 11 is 6.67. The van der Waals surface area contributed by atoms with Crippen LogP contribution < -0.4 is 14.4 Å². The highest BCUT2D eigenvalue weighted by Crippen LogP contribution is 2.37. The van der Waals surface area contributed by atoms with Gasteiger partial charge in [0.1, 0.15) is 0 Å². The van der Waals surface area contributed by atoms with Crippen LogP contribution in [0.1, 0.15) is 25.0 Å². The predicted octanol–water partition coefficient (Wildman–Crippen LogP) is 4.74. The minimum Gasteiger partial charge on any atom is -0.493 e. The van der Waals surface area contributed by atoms with E-state index in [1.165, 1.54) is 23.8 Å². The Morgan fingerprint density at radius 3 is 2.52 bits per heavy atom. The molecule has 3 rings (SSSR count). The maximum atomic E-state index is 12.9. The zero-order chi connectivity index (χ0) is 22.5. The number of carbonyl (C=O) groups excluding carboxylic acids is 2. The lowest BCUT2D eigenvalue weighted by Gasteiger charge is -2.14. The Kier molecular flexibility index (Phi) is 7.35. The molecule has 0 radical (unpaired) electrons. The van der Waals surface area contributed by atoms with Crippen LogP contribution in [0, 0.1) is 6.92 Å². The van der Waals surface area contributed by atoms with Crippen LogP contribution in [0.3, 0.4) is 0 Å². The van der Waals surface area contributed by atoms with E-state index < -0.39 is 5.97 Å². The number of aryl methyl sites for hydroxylation is 1. The van der Waals surface area contributed by atoms with Crippen molar-refractivity contribution in [1.29, 1.82) is 0 Å². The number of rotatable bonds is 7. The molecule has 1 amide bonds. The predicted molar refractivity (Wildman–Crippen MR) is 127 cm³/mol. The van der Waals surface area contributed by atoms with Crippen LogP contribution in [0.25, 0.3) is 6.08 Å². The molecular weight excluding hydrogens is 434 g/mol. The van der Waals surface area contributed by atoms with Crippen molar-refractivity contribution < 1.29 is 23.8 Å². The van der Waals surface area contributed by atoms with E-state index in [4.69, 9.17) is 26.4 Å². The highest BCUT2D eigenvalue weighted by molar-refractivity contribution is 8.27. The number of methoxy groups -OCH3 is 1. The second kappa shape index (κ2) is 9.98. The SMILES string of the molecule is COc1cc(/C=C2/SC(=S)N(c3ccc(C)cc3)C2=O)ccc1OCC(=O)OC(C)C. The van der Waals surface area contributed by atoms with E-state index >= 15 is 0 Å². The lowest BCUT2D eigenvalue weighted by atomic mass is 10.1. The van der Waals surface area contributed by atoms with Gasteiger partial charge in [0.2, 0.25) is 0 Å². The molecule has 1 aliphatic rings. The number of thiocarbonyl (C=S) groups is 1. The van der Waals surface area contributed by atoms with Gasteiger partial charge in [0.05, 0.1) is 23.8 Å². The monoisotopic (exact) mass is 457 g/mol. The van der Waals surface area contributed by atoms with Gasteiger partial charge < -0.3 is 14.2 Å². The second-order valence-electron chi connectivity index (χ2n) is 7.09. The minimum atomic E-state index is -0.457. The van der Waals surface area contributed by atoms with Gasteiger partial charge in [-0.1, -0.05) is 47.7 Å². The van der Waals surface area contributed by atoms with E-state index in [-0.39, 0.29) is 18.6 Å². The highest BCUT2D eigenvalue weighted by Gasteiger charge is 2.33. The Hall–Kier alpha value is -2.84. The van der Waals surface area contributed by atoms with Gasteiger partial charge in [-0.2, -0.15) is 0 Å². The molecule has 1 heterocycles. The standard InChI is InChI=1S/C23H23NO5S2/c1-14(2)29-21(25)13-28-18-10-7-16(11-19(18)27-4)12-20-22(26)24(23(30)31-20)17-8-5-15(3)6-9-17/h5-12,14H,13H2,1-4H3/b20-12+. The molecule has 0 aliphatic carbocycles. The Balaban J connectivity index is 1.77. The van der Waals surface area contributed by atoms with Crippen molar-refractivity contribution in [3.8, 4) is 11.5 Å². The normalized spacial score (nSPS) is 15.0. The molecule has 1 saturated heterocycles. The molecule has 1 fully saturated rings. The Bertz CT molecular complexity index is 1030. The molecular formula is C23H23NO5S2. The molecule has 0 aromatic heterocycles. The van der Waals surface area contributed by atoms with Crippen LogP contribution in [0.5, 0.6) is 11.5 Å². The van der Waals surface area contributed by atoms with Crippen LogP contribution in [-0.2, 0) is 14.3 Å². The molecule has 2 aromatic rings. The third-order valence-electron chi connectivity index (χ3n) is 4.28. The number of hydrogen-bond donors (Lipinski definition) is 0. The Morgan fingerprint density at radius 1 is 1.16 bits per heavy atom. The van der Waals surface area contributed by atoms with Crippen molar-refractivity contribution in [3.63, 3.8) is 0 Å². The van der Waals surface area contributed by atoms with Gasteiger partial charge in [0.15, 0.2) is 22.4 Å². The highest BCUT2D eigenvalue weighted by atomic mass is 32.2. The first kappa shape index (κ1) is 22.8. The van der Waals surface area contributed by atoms with Crippen molar-refractivity contribution in [1.82, 2.24) is 0 Å². The summed E-state index contributed by atoms with van der Waals surface area (Å²) in [5, 5.41) is 0. The number of benzene rings is 2. The van der Waals surface area contributed by atoms with Crippen molar-refractivity contribution in [3.05, 3.63) is 58.5 Å². The number of nitrogens with zero attached hydrogens (tertiary/aromatic N) is 1. The third-order valence-corrected chi connectivity index (χ3v) is 5.59. The number of esters is 1. The van der Waals surface area contributed by atoms with Gasteiger partial charge in [-0.15, -0.1) is 0 Å². The quantitative estimate of drug-likeness (QED) is 0.338.